The summed E-state index contributed by atoms with van der Waals surface area (Å²) in [5.74, 6) is 0.839. The standard InChI is InChI=1S/C9H11BrO.C9H12O/c1-5-4-8(10)6(2)7(3)9(5)11;1-6-4-5-7(2)9(10)8(6)3/h4,11H,1-3H3;4-5,10H,1-3H3. The first-order chi connectivity index (χ1) is 9.66. The van der Waals surface area contributed by atoms with Gasteiger partial charge in [-0.3, -0.25) is 0 Å². The zero-order valence-corrected chi connectivity index (χ0v) is 15.1. The molecule has 0 aromatic heterocycles. The van der Waals surface area contributed by atoms with Crippen LogP contribution in [0.2, 0.25) is 0 Å². The normalized spacial score (nSPS) is 10.0. The van der Waals surface area contributed by atoms with Crippen molar-refractivity contribution in [2.75, 3.05) is 0 Å². The number of phenols is 2. The molecular formula is C18H23BrO2. The summed E-state index contributed by atoms with van der Waals surface area (Å²) in [6, 6.07) is 5.87. The first-order valence-electron chi connectivity index (χ1n) is 6.87. The van der Waals surface area contributed by atoms with Gasteiger partial charge in [-0.25, -0.2) is 0 Å². The molecule has 0 bridgehead atoms. The van der Waals surface area contributed by atoms with Gasteiger partial charge in [0.15, 0.2) is 0 Å². The van der Waals surface area contributed by atoms with E-state index in [1.54, 1.807) is 0 Å². The van der Waals surface area contributed by atoms with E-state index in [1.807, 2.05) is 59.7 Å². The van der Waals surface area contributed by atoms with Crippen molar-refractivity contribution in [2.24, 2.45) is 0 Å². The molecule has 0 heterocycles. The molecule has 0 unspecified atom stereocenters. The summed E-state index contributed by atoms with van der Waals surface area (Å²) in [6.07, 6.45) is 0. The highest BCUT2D eigenvalue weighted by molar-refractivity contribution is 9.10. The lowest BCUT2D eigenvalue weighted by Crippen LogP contribution is -1.86. The van der Waals surface area contributed by atoms with Crippen LogP contribution < -0.4 is 0 Å². The Morgan fingerprint density at radius 3 is 1.67 bits per heavy atom. The maximum absolute atomic E-state index is 9.49. The molecule has 0 atom stereocenters. The van der Waals surface area contributed by atoms with Crippen molar-refractivity contribution in [2.45, 2.75) is 41.5 Å². The molecule has 0 amide bonds. The van der Waals surface area contributed by atoms with Crippen molar-refractivity contribution in [3.8, 4) is 11.5 Å². The van der Waals surface area contributed by atoms with Gasteiger partial charge in [0.25, 0.3) is 0 Å². The van der Waals surface area contributed by atoms with Crippen molar-refractivity contribution in [3.63, 3.8) is 0 Å². The monoisotopic (exact) mass is 350 g/mol. The lowest BCUT2D eigenvalue weighted by atomic mass is 10.1. The predicted octanol–water partition coefficient (Wildman–Crippen LogP) is 5.40. The fourth-order valence-electron chi connectivity index (χ4n) is 1.96. The largest absolute Gasteiger partial charge is 0.507 e. The average Bonchev–Trinajstić information content (AvgIpc) is 2.45. The van der Waals surface area contributed by atoms with E-state index in [-0.39, 0.29) is 0 Å². The van der Waals surface area contributed by atoms with Gasteiger partial charge in [-0.1, -0.05) is 28.1 Å². The number of rotatable bonds is 0. The van der Waals surface area contributed by atoms with E-state index in [0.29, 0.717) is 11.5 Å². The van der Waals surface area contributed by atoms with Gasteiger partial charge >= 0.3 is 0 Å². The summed E-state index contributed by atoms with van der Waals surface area (Å²) in [4.78, 5) is 0. The zero-order chi connectivity index (χ0) is 16.3. The van der Waals surface area contributed by atoms with Gasteiger partial charge in [0.05, 0.1) is 0 Å². The van der Waals surface area contributed by atoms with Crippen LogP contribution >= 0.6 is 15.9 Å². The molecule has 2 aromatic rings. The van der Waals surface area contributed by atoms with E-state index < -0.39 is 0 Å². The van der Waals surface area contributed by atoms with Crippen LogP contribution in [0.25, 0.3) is 0 Å². The second-order valence-corrected chi connectivity index (χ2v) is 6.30. The summed E-state index contributed by atoms with van der Waals surface area (Å²) in [7, 11) is 0. The molecule has 0 aliphatic carbocycles. The molecular weight excluding hydrogens is 328 g/mol. The van der Waals surface area contributed by atoms with Crippen molar-refractivity contribution >= 4 is 15.9 Å². The van der Waals surface area contributed by atoms with Gasteiger partial charge in [-0.15, -0.1) is 0 Å². The van der Waals surface area contributed by atoms with E-state index in [9.17, 15) is 10.2 Å². The highest BCUT2D eigenvalue weighted by atomic mass is 79.9. The van der Waals surface area contributed by atoms with Crippen molar-refractivity contribution in [1.82, 2.24) is 0 Å². The molecule has 2 rings (SSSR count). The Morgan fingerprint density at radius 1 is 0.667 bits per heavy atom. The molecule has 2 aromatic carbocycles. The number of halogens is 1. The first kappa shape index (κ1) is 17.6. The van der Waals surface area contributed by atoms with Crippen LogP contribution in [0.15, 0.2) is 22.7 Å². The Balaban J connectivity index is 0.000000211. The number of benzene rings is 2. The lowest BCUT2D eigenvalue weighted by Gasteiger charge is -2.07. The highest BCUT2D eigenvalue weighted by Crippen LogP contribution is 2.30. The van der Waals surface area contributed by atoms with Crippen LogP contribution in [-0.2, 0) is 0 Å². The van der Waals surface area contributed by atoms with E-state index in [2.05, 4.69) is 15.9 Å². The summed E-state index contributed by atoms with van der Waals surface area (Å²) >= 11 is 3.42. The quantitative estimate of drug-likeness (QED) is 0.667. The van der Waals surface area contributed by atoms with Crippen molar-refractivity contribution in [3.05, 3.63) is 56.1 Å². The zero-order valence-electron chi connectivity index (χ0n) is 13.5. The van der Waals surface area contributed by atoms with E-state index in [1.165, 1.54) is 0 Å². The number of hydrogen-bond donors (Lipinski definition) is 2. The van der Waals surface area contributed by atoms with Crippen LogP contribution in [0.4, 0.5) is 0 Å². The minimum atomic E-state index is 0.408. The van der Waals surface area contributed by atoms with Gasteiger partial charge in [-0.05, 0) is 81.0 Å². The Labute approximate surface area is 135 Å². The minimum absolute atomic E-state index is 0.408. The van der Waals surface area contributed by atoms with Crippen LogP contribution in [0.3, 0.4) is 0 Å². The van der Waals surface area contributed by atoms with Gasteiger partial charge in [-0.2, -0.15) is 0 Å². The molecule has 0 aliphatic rings. The maximum atomic E-state index is 9.49. The van der Waals surface area contributed by atoms with Gasteiger partial charge in [0.1, 0.15) is 11.5 Å². The first-order valence-corrected chi connectivity index (χ1v) is 7.67. The third kappa shape index (κ3) is 4.01. The molecule has 114 valence electrons. The summed E-state index contributed by atoms with van der Waals surface area (Å²) in [6.45, 7) is 11.6. The smallest absolute Gasteiger partial charge is 0.121 e. The molecule has 21 heavy (non-hydrogen) atoms. The molecule has 0 saturated heterocycles. The Kier molecular flexibility index (Phi) is 5.85. The average molecular weight is 351 g/mol. The summed E-state index contributed by atoms with van der Waals surface area (Å²) in [5.41, 5.74) is 6.05. The second-order valence-electron chi connectivity index (χ2n) is 5.45. The Hall–Kier alpha value is -1.48. The molecule has 2 N–H and O–H groups in total. The Bertz CT molecular complexity index is 608. The molecule has 0 saturated carbocycles. The van der Waals surface area contributed by atoms with Gasteiger partial charge in [0, 0.05) is 4.47 Å². The predicted molar refractivity (Wildman–Crippen MR) is 92.3 cm³/mol. The number of phenolic OH excluding ortho intramolecular Hbond substituents is 2. The van der Waals surface area contributed by atoms with Crippen LogP contribution in [-0.4, -0.2) is 10.2 Å². The fourth-order valence-corrected chi connectivity index (χ4v) is 2.60. The van der Waals surface area contributed by atoms with E-state index >= 15 is 0 Å². The van der Waals surface area contributed by atoms with E-state index in [4.69, 9.17) is 0 Å². The van der Waals surface area contributed by atoms with Crippen molar-refractivity contribution in [1.29, 1.82) is 0 Å². The topological polar surface area (TPSA) is 40.5 Å². The van der Waals surface area contributed by atoms with E-state index in [0.717, 1.165) is 37.9 Å². The molecule has 2 nitrogen and oxygen atoms in total. The molecule has 0 radical (unpaired) electrons. The van der Waals surface area contributed by atoms with Crippen LogP contribution in [0.5, 0.6) is 11.5 Å². The van der Waals surface area contributed by atoms with Crippen LogP contribution in [0, 0.1) is 41.5 Å². The molecule has 0 fully saturated rings. The maximum Gasteiger partial charge on any atom is 0.121 e. The SMILES string of the molecule is Cc1cc(Br)c(C)c(C)c1O.Cc1ccc(C)c(O)c1C. The third-order valence-corrected chi connectivity index (χ3v) is 4.72. The minimum Gasteiger partial charge on any atom is -0.507 e. The third-order valence-electron chi connectivity index (χ3n) is 3.90. The second kappa shape index (κ2) is 6.99. The van der Waals surface area contributed by atoms with Gasteiger partial charge in [0.2, 0.25) is 0 Å². The van der Waals surface area contributed by atoms with Gasteiger partial charge < -0.3 is 10.2 Å². The number of aromatic hydroxyl groups is 2. The number of aryl methyl sites for hydroxylation is 3. The molecule has 0 spiro atoms. The fraction of sp³-hybridized carbons (Fsp3) is 0.333. The summed E-state index contributed by atoms with van der Waals surface area (Å²) in [5, 5.41) is 18.9. The lowest BCUT2D eigenvalue weighted by molar-refractivity contribution is 0.466. The number of hydrogen-bond acceptors (Lipinski definition) is 2. The molecule has 3 heteroatoms. The molecule has 0 aliphatic heterocycles. The van der Waals surface area contributed by atoms with Crippen molar-refractivity contribution < 1.29 is 10.2 Å². The summed E-state index contributed by atoms with van der Waals surface area (Å²) < 4.78 is 1.06. The van der Waals surface area contributed by atoms with Crippen LogP contribution in [0.1, 0.15) is 33.4 Å². The highest BCUT2D eigenvalue weighted by Gasteiger charge is 2.06. The Morgan fingerprint density at radius 2 is 1.14 bits per heavy atom.